The maximum absolute atomic E-state index is 12.9. The maximum Gasteiger partial charge on any atom is 0.496 e. The maximum atomic E-state index is 12.9. The van der Waals surface area contributed by atoms with Gasteiger partial charge in [-0.1, -0.05) is 6.07 Å². The molecule has 3 fully saturated rings. The molecule has 7 heterocycles. The van der Waals surface area contributed by atoms with E-state index in [2.05, 4.69) is 81.3 Å². The van der Waals surface area contributed by atoms with Crippen molar-refractivity contribution in [3.8, 4) is 45.5 Å². The van der Waals surface area contributed by atoms with Crippen molar-refractivity contribution < 1.29 is 46.9 Å². The molecular weight excluding hydrogens is 973 g/mol. The molecule has 16 nitrogen and oxygen atoms in total. The van der Waals surface area contributed by atoms with Crippen molar-refractivity contribution >= 4 is 54.0 Å². The monoisotopic (exact) mass is 1040 g/mol. The molecule has 0 saturated carbocycles. The zero-order valence-electron chi connectivity index (χ0n) is 43.6. The van der Waals surface area contributed by atoms with Crippen molar-refractivity contribution in [2.45, 2.75) is 123 Å². The van der Waals surface area contributed by atoms with Gasteiger partial charge in [0.2, 0.25) is 0 Å². The molecule has 0 aliphatic carbocycles. The molecule has 20 heteroatoms. The summed E-state index contributed by atoms with van der Waals surface area (Å²) >= 11 is 3.35. The Morgan fingerprint density at radius 3 is 1.24 bits per heavy atom. The summed E-state index contributed by atoms with van der Waals surface area (Å²) in [6.07, 6.45) is 4.02. The van der Waals surface area contributed by atoms with E-state index in [0.29, 0.717) is 51.9 Å². The molecule has 0 unspecified atom stereocenters. The fourth-order valence-electron chi connectivity index (χ4n) is 7.88. The van der Waals surface area contributed by atoms with Crippen LogP contribution in [0.25, 0.3) is 33.8 Å². The van der Waals surface area contributed by atoms with Crippen LogP contribution in [0.2, 0.25) is 6.22 Å². The third kappa shape index (κ3) is 11.1. The Kier molecular flexibility index (Phi) is 15.1. The van der Waals surface area contributed by atoms with Crippen LogP contribution < -0.4 is 35.5 Å². The molecule has 4 aromatic heterocycles. The summed E-state index contributed by atoms with van der Waals surface area (Å²) < 4.78 is 61.1. The van der Waals surface area contributed by atoms with Crippen molar-refractivity contribution in [2.24, 2.45) is 0 Å². The largest absolute Gasteiger partial charge is 0.496 e. The molecule has 376 valence electrons. The van der Waals surface area contributed by atoms with E-state index >= 15 is 0 Å². The van der Waals surface area contributed by atoms with Crippen LogP contribution in [0.1, 0.15) is 83.1 Å². The molecule has 3 saturated heterocycles. The smallest absolute Gasteiger partial charge is 0.493 e. The molecule has 6 aromatic rings. The van der Waals surface area contributed by atoms with Crippen LogP contribution in [0, 0.1) is 0 Å². The normalized spacial score (nSPS) is 18.9. The van der Waals surface area contributed by atoms with Crippen LogP contribution in [0.3, 0.4) is 0 Å². The predicted molar refractivity (Wildman–Crippen MR) is 280 cm³/mol. The van der Waals surface area contributed by atoms with Gasteiger partial charge in [0.1, 0.15) is 11.3 Å². The van der Waals surface area contributed by atoms with Gasteiger partial charge in [-0.2, -0.15) is 0 Å². The molecule has 0 atom stereocenters. The fourth-order valence-corrected chi connectivity index (χ4v) is 8.22. The van der Waals surface area contributed by atoms with Gasteiger partial charge in [-0.25, -0.2) is 9.97 Å². The van der Waals surface area contributed by atoms with E-state index in [4.69, 9.17) is 46.9 Å². The van der Waals surface area contributed by atoms with Gasteiger partial charge >= 0.3 is 21.4 Å². The van der Waals surface area contributed by atoms with E-state index in [9.17, 15) is 9.59 Å². The van der Waals surface area contributed by atoms with E-state index < -0.39 is 18.3 Å². The van der Waals surface area contributed by atoms with Crippen LogP contribution in [-0.4, -0.2) is 102 Å². The molecule has 9 rings (SSSR count). The van der Waals surface area contributed by atoms with Crippen molar-refractivity contribution in [3.05, 3.63) is 110 Å². The quantitative estimate of drug-likeness (QED) is 0.127. The topological polar surface area (TPSA) is 161 Å². The highest BCUT2D eigenvalue weighted by Gasteiger charge is 2.57. The highest BCUT2D eigenvalue weighted by Crippen LogP contribution is 2.42. The van der Waals surface area contributed by atoms with Gasteiger partial charge in [0.15, 0.2) is 23.0 Å². The molecule has 3 aliphatic heterocycles. The molecule has 71 heavy (non-hydrogen) atoms. The molecule has 0 N–H and O–H groups in total. The van der Waals surface area contributed by atoms with Crippen molar-refractivity contribution in [1.29, 1.82) is 0 Å². The lowest BCUT2D eigenvalue weighted by atomic mass is 9.64. The van der Waals surface area contributed by atoms with Gasteiger partial charge in [0, 0.05) is 46.3 Å². The number of pyridine rings is 2. The number of fused-ring (bicyclic) bond motifs is 2. The third-order valence-corrected chi connectivity index (χ3v) is 14.6. The fraction of sp³-hybridized carbons (Fsp3) is 0.451. The lowest BCUT2D eigenvalue weighted by Gasteiger charge is -2.32. The van der Waals surface area contributed by atoms with Gasteiger partial charge in [0.25, 0.3) is 11.1 Å². The zero-order valence-corrected chi connectivity index (χ0v) is 45.2. The van der Waals surface area contributed by atoms with Crippen LogP contribution in [0.4, 0.5) is 0 Å². The Balaban J connectivity index is 0.000000162. The summed E-state index contributed by atoms with van der Waals surface area (Å²) in [6.45, 7) is 24.4. The van der Waals surface area contributed by atoms with Gasteiger partial charge in [-0.3, -0.25) is 18.4 Å². The minimum absolute atomic E-state index is 0.143. The summed E-state index contributed by atoms with van der Waals surface area (Å²) in [7, 11) is 5.20. The average molecular weight is 1040 g/mol. The van der Waals surface area contributed by atoms with Crippen molar-refractivity contribution in [2.75, 3.05) is 28.4 Å². The molecular formula is C51H64B3BrN4O12. The van der Waals surface area contributed by atoms with E-state index in [1.54, 1.807) is 77.2 Å². The first-order valence-corrected chi connectivity index (χ1v) is 24.2. The van der Waals surface area contributed by atoms with E-state index in [1.807, 2.05) is 52.0 Å². The highest BCUT2D eigenvalue weighted by atomic mass is 79.9. The van der Waals surface area contributed by atoms with Crippen molar-refractivity contribution in [3.63, 3.8) is 0 Å². The van der Waals surface area contributed by atoms with Crippen LogP contribution in [0.5, 0.6) is 23.0 Å². The zero-order chi connectivity index (χ0) is 52.1. The number of nitrogens with zero attached hydrogens (tertiary/aromatic N) is 4. The molecule has 0 spiro atoms. The standard InChI is InChI=1S/C22H25BN2O5.C16H13BrN2O3.C13H26B2O4/c1-21(2)22(3,4)30-23(29-21)15-8-10-19-24-16(12-20(26)25(19)13-15)14-7-9-17(27-5)18(11-14)28-6;1-21-13-5-3-10(7-14(13)22-2)12-8-16(20)19-9-11(17)4-6-15(19)18-12;1-10(2)11(3,4)17-14(16-10)9-15-18-12(5,6)13(7,8)19-15/h7-13H,1-6H3;3-9H,1-2H3;9H2,1-8H3. The van der Waals surface area contributed by atoms with Gasteiger partial charge < -0.3 is 46.9 Å². The first kappa shape index (κ1) is 53.6. The van der Waals surface area contributed by atoms with Crippen molar-refractivity contribution in [1.82, 2.24) is 18.8 Å². The first-order valence-electron chi connectivity index (χ1n) is 23.4. The molecule has 0 bridgehead atoms. The van der Waals surface area contributed by atoms with Crippen LogP contribution in [0.15, 0.2) is 99.3 Å². The summed E-state index contributed by atoms with van der Waals surface area (Å²) in [5.74, 6) is 2.42. The minimum atomic E-state index is -0.545. The molecule has 3 aliphatic rings. The molecule has 2 aromatic carbocycles. The number of hydrogen-bond donors (Lipinski definition) is 0. The first-order chi connectivity index (χ1) is 33.1. The minimum Gasteiger partial charge on any atom is -0.493 e. The summed E-state index contributed by atoms with van der Waals surface area (Å²) in [5.41, 5.74) is 2.14. The lowest BCUT2D eigenvalue weighted by molar-refractivity contribution is 0.00578. The Labute approximate surface area is 425 Å². The Morgan fingerprint density at radius 2 is 0.845 bits per heavy atom. The molecule has 0 radical (unpaired) electrons. The lowest BCUT2D eigenvalue weighted by Crippen LogP contribution is -2.41. The Hall–Kier alpha value is -5.21. The van der Waals surface area contributed by atoms with Crippen LogP contribution in [-0.2, 0) is 27.9 Å². The number of ether oxygens (including phenoxy) is 4. The average Bonchev–Trinajstić information content (AvgIpc) is 3.76. The van der Waals surface area contributed by atoms with E-state index in [0.717, 1.165) is 21.1 Å². The summed E-state index contributed by atoms with van der Waals surface area (Å²) in [6, 6.07) is 21.2. The molecule has 0 amide bonds. The number of aromatic nitrogens is 4. The van der Waals surface area contributed by atoms with Gasteiger partial charge in [-0.15, -0.1) is 0 Å². The van der Waals surface area contributed by atoms with Crippen LogP contribution >= 0.6 is 15.9 Å². The van der Waals surface area contributed by atoms with Gasteiger partial charge in [0.05, 0.1) is 73.4 Å². The SMILES string of the molecule is CC1(C)OB(CB2OC(C)(C)C(C)(C)O2)OC1(C)C.COc1ccc(-c2cc(=O)n3cc(B4OC(C)(C)C(C)(C)O4)ccc3n2)cc1OC.COc1ccc(-c2cc(=O)n3cc(Br)ccc3n2)cc1OC. The number of benzene rings is 2. The Bertz CT molecular complexity index is 2970. The van der Waals surface area contributed by atoms with Gasteiger partial charge in [-0.05, 0) is 159 Å². The number of halogens is 1. The summed E-state index contributed by atoms with van der Waals surface area (Å²) in [4.78, 5) is 34.3. The Morgan fingerprint density at radius 1 is 0.479 bits per heavy atom. The van der Waals surface area contributed by atoms with E-state index in [1.165, 1.54) is 20.9 Å². The highest BCUT2D eigenvalue weighted by molar-refractivity contribution is 9.10. The third-order valence-electron chi connectivity index (χ3n) is 14.2. The number of hydrogen-bond acceptors (Lipinski definition) is 14. The number of rotatable bonds is 9. The second-order valence-electron chi connectivity index (χ2n) is 20.6. The second kappa shape index (κ2) is 20.0. The predicted octanol–water partition coefficient (Wildman–Crippen LogP) is 8.53. The second-order valence-corrected chi connectivity index (χ2v) is 21.5. The number of methoxy groups -OCH3 is 4. The summed E-state index contributed by atoms with van der Waals surface area (Å²) in [5, 5.41) is 0. The van der Waals surface area contributed by atoms with E-state index in [-0.39, 0.29) is 47.8 Å².